The largest absolute Gasteiger partial charge is 0.488 e. The molecule has 4 nitrogen and oxygen atoms in total. The minimum atomic E-state index is -0.852. The van der Waals surface area contributed by atoms with Gasteiger partial charge >= 0.3 is 5.97 Å². The predicted octanol–water partition coefficient (Wildman–Crippen LogP) is 3.37. The standard InChI is InChI=1S/C17H15NO3/c19-17(20)10-13-8-15-14(6-7-18-15)16(9-13)21-11-12-4-2-1-3-5-12/h1-9,18H,10-11H2,(H,19,20). The van der Waals surface area contributed by atoms with Gasteiger partial charge in [-0.05, 0) is 29.3 Å². The van der Waals surface area contributed by atoms with E-state index in [1.807, 2.05) is 48.7 Å². The van der Waals surface area contributed by atoms with Gasteiger partial charge in [-0.1, -0.05) is 30.3 Å². The highest BCUT2D eigenvalue weighted by Crippen LogP contribution is 2.28. The van der Waals surface area contributed by atoms with Crippen molar-refractivity contribution in [3.8, 4) is 5.75 Å². The molecule has 0 unspecified atom stereocenters. The molecule has 21 heavy (non-hydrogen) atoms. The number of aromatic amines is 1. The molecule has 0 aliphatic carbocycles. The van der Waals surface area contributed by atoms with E-state index in [-0.39, 0.29) is 6.42 Å². The molecule has 0 radical (unpaired) electrons. The van der Waals surface area contributed by atoms with Crippen molar-refractivity contribution < 1.29 is 14.6 Å². The Labute approximate surface area is 122 Å². The van der Waals surface area contributed by atoms with Crippen LogP contribution in [0.5, 0.6) is 5.75 Å². The molecule has 1 aromatic heterocycles. The van der Waals surface area contributed by atoms with Crippen LogP contribution in [0.2, 0.25) is 0 Å². The van der Waals surface area contributed by atoms with Gasteiger partial charge in [0.25, 0.3) is 0 Å². The van der Waals surface area contributed by atoms with Crippen molar-refractivity contribution in [1.29, 1.82) is 0 Å². The van der Waals surface area contributed by atoms with E-state index in [4.69, 9.17) is 9.84 Å². The number of hydrogen-bond acceptors (Lipinski definition) is 2. The van der Waals surface area contributed by atoms with Crippen molar-refractivity contribution in [2.45, 2.75) is 13.0 Å². The van der Waals surface area contributed by atoms with Crippen molar-refractivity contribution in [3.63, 3.8) is 0 Å². The van der Waals surface area contributed by atoms with E-state index in [1.54, 1.807) is 6.07 Å². The fraction of sp³-hybridized carbons (Fsp3) is 0.118. The molecular formula is C17H15NO3. The van der Waals surface area contributed by atoms with Crippen LogP contribution in [0.4, 0.5) is 0 Å². The third kappa shape index (κ3) is 3.05. The van der Waals surface area contributed by atoms with Crippen LogP contribution < -0.4 is 4.74 Å². The fourth-order valence-corrected chi connectivity index (χ4v) is 2.32. The van der Waals surface area contributed by atoms with Crippen molar-refractivity contribution in [2.75, 3.05) is 0 Å². The highest BCUT2D eigenvalue weighted by atomic mass is 16.5. The number of rotatable bonds is 5. The monoisotopic (exact) mass is 281 g/mol. The Morgan fingerprint density at radius 2 is 1.90 bits per heavy atom. The third-order valence-electron chi connectivity index (χ3n) is 3.28. The summed E-state index contributed by atoms with van der Waals surface area (Å²) in [5.74, 6) is -0.149. The first-order valence-corrected chi connectivity index (χ1v) is 6.71. The molecule has 2 aromatic carbocycles. The number of carboxylic acid groups (broad SMARTS) is 1. The number of hydrogen-bond donors (Lipinski definition) is 2. The second-order valence-corrected chi connectivity index (χ2v) is 4.88. The average Bonchev–Trinajstić information content (AvgIpc) is 2.93. The molecule has 0 bridgehead atoms. The number of H-pyrrole nitrogens is 1. The van der Waals surface area contributed by atoms with E-state index in [0.717, 1.165) is 22.0 Å². The quantitative estimate of drug-likeness (QED) is 0.753. The van der Waals surface area contributed by atoms with Gasteiger partial charge in [0.1, 0.15) is 12.4 Å². The number of aliphatic carboxylic acids is 1. The average molecular weight is 281 g/mol. The number of aromatic nitrogens is 1. The lowest BCUT2D eigenvalue weighted by Crippen LogP contribution is -2.01. The van der Waals surface area contributed by atoms with E-state index in [9.17, 15) is 4.79 Å². The summed E-state index contributed by atoms with van der Waals surface area (Å²) < 4.78 is 5.87. The van der Waals surface area contributed by atoms with E-state index in [2.05, 4.69) is 4.98 Å². The molecule has 3 aromatic rings. The number of carboxylic acids is 1. The summed E-state index contributed by atoms with van der Waals surface area (Å²) >= 11 is 0. The van der Waals surface area contributed by atoms with E-state index in [0.29, 0.717) is 12.4 Å². The van der Waals surface area contributed by atoms with Crippen LogP contribution >= 0.6 is 0 Å². The lowest BCUT2D eigenvalue weighted by Gasteiger charge is -2.09. The van der Waals surface area contributed by atoms with E-state index < -0.39 is 5.97 Å². The summed E-state index contributed by atoms with van der Waals surface area (Å²) in [7, 11) is 0. The first-order valence-electron chi connectivity index (χ1n) is 6.71. The highest BCUT2D eigenvalue weighted by Gasteiger charge is 2.09. The van der Waals surface area contributed by atoms with Crippen molar-refractivity contribution in [3.05, 3.63) is 65.9 Å². The predicted molar refractivity (Wildman–Crippen MR) is 80.4 cm³/mol. The summed E-state index contributed by atoms with van der Waals surface area (Å²) in [6, 6.07) is 15.5. The summed E-state index contributed by atoms with van der Waals surface area (Å²) in [5.41, 5.74) is 2.68. The van der Waals surface area contributed by atoms with Gasteiger partial charge in [-0.2, -0.15) is 0 Å². The number of benzene rings is 2. The Kier molecular flexibility index (Phi) is 3.60. The zero-order valence-corrected chi connectivity index (χ0v) is 11.4. The number of nitrogens with one attached hydrogen (secondary N) is 1. The molecule has 0 amide bonds. The number of ether oxygens (including phenoxy) is 1. The molecular weight excluding hydrogens is 266 g/mol. The lowest BCUT2D eigenvalue weighted by molar-refractivity contribution is -0.136. The molecule has 0 saturated heterocycles. The van der Waals surface area contributed by atoms with Gasteiger partial charge in [0.15, 0.2) is 0 Å². The Hall–Kier alpha value is -2.75. The Bertz CT molecular complexity index is 762. The first kappa shape index (κ1) is 13.2. The van der Waals surface area contributed by atoms with Gasteiger partial charge in [-0.15, -0.1) is 0 Å². The summed E-state index contributed by atoms with van der Waals surface area (Å²) in [6.45, 7) is 0.456. The lowest BCUT2D eigenvalue weighted by atomic mass is 10.1. The molecule has 4 heteroatoms. The number of carbonyl (C=O) groups is 1. The Morgan fingerprint density at radius 3 is 2.67 bits per heavy atom. The highest BCUT2D eigenvalue weighted by molar-refractivity contribution is 5.87. The Balaban J connectivity index is 1.89. The van der Waals surface area contributed by atoms with Gasteiger partial charge in [0.05, 0.1) is 6.42 Å². The minimum Gasteiger partial charge on any atom is -0.488 e. The zero-order chi connectivity index (χ0) is 14.7. The molecule has 0 fully saturated rings. The van der Waals surface area contributed by atoms with Crippen molar-refractivity contribution in [1.82, 2.24) is 4.98 Å². The van der Waals surface area contributed by atoms with Crippen LogP contribution in [0.3, 0.4) is 0 Å². The molecule has 0 aliphatic rings. The second kappa shape index (κ2) is 5.71. The molecule has 3 rings (SSSR count). The zero-order valence-electron chi connectivity index (χ0n) is 11.4. The van der Waals surface area contributed by atoms with Crippen LogP contribution in [-0.4, -0.2) is 16.1 Å². The Morgan fingerprint density at radius 1 is 1.10 bits per heavy atom. The third-order valence-corrected chi connectivity index (χ3v) is 3.28. The van der Waals surface area contributed by atoms with Crippen LogP contribution in [0.25, 0.3) is 10.9 Å². The van der Waals surface area contributed by atoms with Gasteiger partial charge in [0, 0.05) is 17.1 Å². The van der Waals surface area contributed by atoms with Gasteiger partial charge in [-0.25, -0.2) is 0 Å². The first-order chi connectivity index (χ1) is 10.2. The smallest absolute Gasteiger partial charge is 0.307 e. The maximum atomic E-state index is 10.9. The summed E-state index contributed by atoms with van der Waals surface area (Å²) in [4.78, 5) is 14.0. The maximum Gasteiger partial charge on any atom is 0.307 e. The topological polar surface area (TPSA) is 62.3 Å². The van der Waals surface area contributed by atoms with Crippen LogP contribution in [0.1, 0.15) is 11.1 Å². The van der Waals surface area contributed by atoms with E-state index >= 15 is 0 Å². The maximum absolute atomic E-state index is 10.9. The summed E-state index contributed by atoms with van der Waals surface area (Å²) in [5, 5.41) is 9.90. The van der Waals surface area contributed by atoms with Crippen molar-refractivity contribution >= 4 is 16.9 Å². The molecule has 0 aliphatic heterocycles. The molecule has 1 heterocycles. The van der Waals surface area contributed by atoms with Gasteiger partial charge in [-0.3, -0.25) is 4.79 Å². The molecule has 0 saturated carbocycles. The van der Waals surface area contributed by atoms with Crippen LogP contribution in [0.15, 0.2) is 54.7 Å². The van der Waals surface area contributed by atoms with E-state index in [1.165, 1.54) is 0 Å². The second-order valence-electron chi connectivity index (χ2n) is 4.88. The van der Waals surface area contributed by atoms with Crippen molar-refractivity contribution in [2.24, 2.45) is 0 Å². The van der Waals surface area contributed by atoms with Crippen LogP contribution in [-0.2, 0) is 17.8 Å². The fourth-order valence-electron chi connectivity index (χ4n) is 2.32. The van der Waals surface area contributed by atoms with Crippen LogP contribution in [0, 0.1) is 0 Å². The minimum absolute atomic E-state index is 0.0172. The van der Waals surface area contributed by atoms with Gasteiger partial charge in [0.2, 0.25) is 0 Å². The molecule has 0 atom stereocenters. The molecule has 0 spiro atoms. The SMILES string of the molecule is O=C(O)Cc1cc(OCc2ccccc2)c2cc[nH]c2c1. The molecule has 106 valence electrons. The molecule has 2 N–H and O–H groups in total. The number of fused-ring (bicyclic) bond motifs is 1. The van der Waals surface area contributed by atoms with Gasteiger partial charge < -0.3 is 14.8 Å². The summed E-state index contributed by atoms with van der Waals surface area (Å²) in [6.07, 6.45) is 1.81. The normalized spacial score (nSPS) is 10.7.